The van der Waals surface area contributed by atoms with Crippen molar-refractivity contribution in [1.82, 2.24) is 14.9 Å². The first-order valence-electron chi connectivity index (χ1n) is 8.68. The van der Waals surface area contributed by atoms with E-state index in [1.807, 2.05) is 39.0 Å². The maximum absolute atomic E-state index is 12.7. The predicted molar refractivity (Wildman–Crippen MR) is 107 cm³/mol. The summed E-state index contributed by atoms with van der Waals surface area (Å²) < 4.78 is 27.9. The van der Waals surface area contributed by atoms with Gasteiger partial charge in [-0.2, -0.15) is 0 Å². The summed E-state index contributed by atoms with van der Waals surface area (Å²) in [5.41, 5.74) is 2.54. The molecule has 2 rings (SSSR count). The number of nitrogens with zero attached hydrogens (tertiary/aromatic N) is 2. The number of rotatable bonds is 6. The van der Waals surface area contributed by atoms with Crippen molar-refractivity contribution in [2.24, 2.45) is 5.41 Å². The Kier molecular flexibility index (Phi) is 6.39. The zero-order valence-corrected chi connectivity index (χ0v) is 18.1. The standard InChI is InChI=1S/C18H26N4O3S2/c1-7-14(13-9-8-11(2)12(3)10-13)22-27(24,25)17-21-20-16(26-17)19-15(23)18(4,5)6/h8-10,14,22H,7H2,1-6H3,(H,19,20,23). The van der Waals surface area contributed by atoms with Gasteiger partial charge in [0.25, 0.3) is 10.0 Å². The van der Waals surface area contributed by atoms with Crippen LogP contribution in [0.25, 0.3) is 0 Å². The molecule has 0 aliphatic rings. The number of carbonyl (C=O) groups excluding carboxylic acids is 1. The number of aromatic nitrogens is 2. The number of anilines is 1. The molecule has 1 unspecified atom stereocenters. The molecule has 2 N–H and O–H groups in total. The molecule has 1 heterocycles. The minimum absolute atomic E-state index is 0.162. The van der Waals surface area contributed by atoms with E-state index >= 15 is 0 Å². The van der Waals surface area contributed by atoms with Crippen molar-refractivity contribution < 1.29 is 13.2 Å². The van der Waals surface area contributed by atoms with Gasteiger partial charge in [0, 0.05) is 11.5 Å². The van der Waals surface area contributed by atoms with Crippen LogP contribution >= 0.6 is 11.3 Å². The summed E-state index contributed by atoms with van der Waals surface area (Å²) in [6.45, 7) is 11.2. The maximum atomic E-state index is 12.7. The zero-order valence-electron chi connectivity index (χ0n) is 16.5. The van der Waals surface area contributed by atoms with Gasteiger partial charge < -0.3 is 5.32 Å². The van der Waals surface area contributed by atoms with Crippen LogP contribution in [0.2, 0.25) is 0 Å². The minimum Gasteiger partial charge on any atom is -0.300 e. The molecule has 1 amide bonds. The van der Waals surface area contributed by atoms with E-state index in [1.165, 1.54) is 0 Å². The first-order valence-corrected chi connectivity index (χ1v) is 11.0. The highest BCUT2D eigenvalue weighted by molar-refractivity contribution is 7.91. The average molecular weight is 411 g/mol. The lowest BCUT2D eigenvalue weighted by atomic mass is 9.96. The van der Waals surface area contributed by atoms with Gasteiger partial charge in [0.05, 0.1) is 0 Å². The number of hydrogen-bond acceptors (Lipinski definition) is 6. The Hall–Kier alpha value is -1.84. The van der Waals surface area contributed by atoms with E-state index in [2.05, 4.69) is 20.2 Å². The summed E-state index contributed by atoms with van der Waals surface area (Å²) in [7, 11) is -3.85. The van der Waals surface area contributed by atoms with Crippen LogP contribution in [-0.4, -0.2) is 24.5 Å². The van der Waals surface area contributed by atoms with Crippen LogP contribution in [0.3, 0.4) is 0 Å². The largest absolute Gasteiger partial charge is 0.300 e. The van der Waals surface area contributed by atoms with Crippen molar-refractivity contribution in [3.05, 3.63) is 34.9 Å². The SMILES string of the molecule is CCC(NS(=O)(=O)c1nnc(NC(=O)C(C)(C)C)s1)c1ccc(C)c(C)c1. The van der Waals surface area contributed by atoms with Crippen molar-refractivity contribution in [2.75, 3.05) is 5.32 Å². The van der Waals surface area contributed by atoms with Crippen molar-refractivity contribution >= 4 is 32.4 Å². The monoisotopic (exact) mass is 410 g/mol. The molecule has 0 aliphatic carbocycles. The number of nitrogens with one attached hydrogen (secondary N) is 2. The van der Waals surface area contributed by atoms with Crippen LogP contribution in [0, 0.1) is 19.3 Å². The molecule has 0 saturated carbocycles. The zero-order chi connectivity index (χ0) is 20.4. The molecule has 0 bridgehead atoms. The number of amides is 1. The lowest BCUT2D eigenvalue weighted by Crippen LogP contribution is -2.28. The Morgan fingerprint density at radius 2 is 1.85 bits per heavy atom. The summed E-state index contributed by atoms with van der Waals surface area (Å²) in [4.78, 5) is 12.0. The number of hydrogen-bond donors (Lipinski definition) is 2. The fourth-order valence-corrected chi connectivity index (χ4v) is 4.48. The van der Waals surface area contributed by atoms with E-state index in [9.17, 15) is 13.2 Å². The second kappa shape index (κ2) is 8.04. The topological polar surface area (TPSA) is 101 Å². The van der Waals surface area contributed by atoms with Gasteiger partial charge in [0.1, 0.15) is 0 Å². The normalized spacial score (nSPS) is 13.4. The molecule has 0 aliphatic heterocycles. The smallest absolute Gasteiger partial charge is 0.270 e. The van der Waals surface area contributed by atoms with Crippen molar-refractivity contribution in [3.8, 4) is 0 Å². The summed E-state index contributed by atoms with van der Waals surface area (Å²) in [5.74, 6) is -0.253. The van der Waals surface area contributed by atoms with E-state index in [0.29, 0.717) is 6.42 Å². The molecule has 2 aromatic rings. The summed E-state index contributed by atoms with van der Waals surface area (Å²) in [5, 5.41) is 10.3. The van der Waals surface area contributed by atoms with Crippen LogP contribution in [-0.2, 0) is 14.8 Å². The number of benzene rings is 1. The minimum atomic E-state index is -3.85. The van der Waals surface area contributed by atoms with Gasteiger partial charge in [0.2, 0.25) is 15.4 Å². The Morgan fingerprint density at radius 1 is 1.19 bits per heavy atom. The van der Waals surface area contributed by atoms with Crippen LogP contribution in [0.15, 0.2) is 22.5 Å². The quantitative estimate of drug-likeness (QED) is 0.709. The van der Waals surface area contributed by atoms with E-state index in [1.54, 1.807) is 20.8 Å². The Bertz CT molecular complexity index is 930. The van der Waals surface area contributed by atoms with E-state index in [4.69, 9.17) is 0 Å². The first kappa shape index (κ1) is 21.5. The van der Waals surface area contributed by atoms with Crippen molar-refractivity contribution in [2.45, 2.75) is 58.3 Å². The highest BCUT2D eigenvalue weighted by Crippen LogP contribution is 2.26. The molecule has 1 atom stereocenters. The molecule has 0 fully saturated rings. The molecule has 0 spiro atoms. The number of sulfonamides is 1. The lowest BCUT2D eigenvalue weighted by Gasteiger charge is -2.17. The fourth-order valence-electron chi connectivity index (χ4n) is 2.26. The molecule has 0 radical (unpaired) electrons. The Morgan fingerprint density at radius 3 is 2.41 bits per heavy atom. The van der Waals surface area contributed by atoms with E-state index in [-0.39, 0.29) is 21.4 Å². The maximum Gasteiger partial charge on any atom is 0.270 e. The second-order valence-electron chi connectivity index (χ2n) is 7.50. The van der Waals surface area contributed by atoms with Gasteiger partial charge in [-0.3, -0.25) is 4.79 Å². The molecule has 1 aromatic carbocycles. The number of aryl methyl sites for hydroxylation is 2. The fraction of sp³-hybridized carbons (Fsp3) is 0.500. The van der Waals surface area contributed by atoms with Crippen LogP contribution in [0.4, 0.5) is 5.13 Å². The Balaban J connectivity index is 2.20. The van der Waals surface area contributed by atoms with Crippen molar-refractivity contribution in [1.29, 1.82) is 0 Å². The molecular formula is C18H26N4O3S2. The third-order valence-corrected chi connectivity index (χ3v) is 6.85. The van der Waals surface area contributed by atoms with E-state index in [0.717, 1.165) is 28.0 Å². The van der Waals surface area contributed by atoms with Gasteiger partial charge in [-0.1, -0.05) is 57.2 Å². The highest BCUT2D eigenvalue weighted by Gasteiger charge is 2.27. The first-order chi connectivity index (χ1) is 12.4. The lowest BCUT2D eigenvalue weighted by molar-refractivity contribution is -0.123. The van der Waals surface area contributed by atoms with Gasteiger partial charge in [-0.25, -0.2) is 13.1 Å². The molecule has 27 heavy (non-hydrogen) atoms. The van der Waals surface area contributed by atoms with Gasteiger partial charge in [0.15, 0.2) is 0 Å². The van der Waals surface area contributed by atoms with Crippen LogP contribution in [0.5, 0.6) is 0 Å². The van der Waals surface area contributed by atoms with Crippen molar-refractivity contribution in [3.63, 3.8) is 0 Å². The number of carbonyl (C=O) groups is 1. The van der Waals surface area contributed by atoms with Crippen LogP contribution < -0.4 is 10.0 Å². The van der Waals surface area contributed by atoms with Gasteiger partial charge in [-0.15, -0.1) is 10.2 Å². The molecule has 1 aromatic heterocycles. The third-order valence-electron chi connectivity index (χ3n) is 4.18. The highest BCUT2D eigenvalue weighted by atomic mass is 32.2. The molecule has 148 valence electrons. The Labute approximate surface area is 164 Å². The molecular weight excluding hydrogens is 384 g/mol. The summed E-state index contributed by atoms with van der Waals surface area (Å²) in [6.07, 6.45) is 0.591. The summed E-state index contributed by atoms with van der Waals surface area (Å²) in [6, 6.07) is 5.52. The predicted octanol–water partition coefficient (Wildman–Crippen LogP) is 3.57. The molecule has 0 saturated heterocycles. The molecule has 7 nitrogen and oxygen atoms in total. The van der Waals surface area contributed by atoms with Gasteiger partial charge in [-0.05, 0) is 37.0 Å². The molecule has 9 heteroatoms. The summed E-state index contributed by atoms with van der Waals surface area (Å²) >= 11 is 0.833. The van der Waals surface area contributed by atoms with E-state index < -0.39 is 15.4 Å². The average Bonchev–Trinajstić information content (AvgIpc) is 3.04. The third kappa shape index (κ3) is 5.33. The van der Waals surface area contributed by atoms with Crippen LogP contribution in [0.1, 0.15) is 56.8 Å². The second-order valence-corrected chi connectivity index (χ2v) is 10.4. The van der Waals surface area contributed by atoms with Gasteiger partial charge >= 0.3 is 0 Å².